The first-order chi connectivity index (χ1) is 25.7. The highest BCUT2D eigenvalue weighted by Crippen LogP contribution is 2.66. The summed E-state index contributed by atoms with van der Waals surface area (Å²) in [5, 5.41) is 21.1. The molecule has 9 aromatic carbocycles. The maximum atomic E-state index is 2.69. The Labute approximate surface area is 299 Å². The first-order valence-electron chi connectivity index (χ1n) is 18.8. The van der Waals surface area contributed by atoms with Gasteiger partial charge in [0, 0.05) is 22.7 Å². The van der Waals surface area contributed by atoms with Crippen LogP contribution in [0.2, 0.25) is 0 Å². The minimum absolute atomic E-state index is 0.152. The SMILES string of the molecule is C1=CC2(C=C3C=CC4C=Cc5ccc6ccc7ccc2c2c3c4c5c6c72)C2(C=C1)C=c1ccc3ccc4ccc5ccc6c7c(c1c3c4c57)C2C=C6. The number of hydrogen-bond donors (Lipinski definition) is 0. The highest BCUT2D eigenvalue weighted by molar-refractivity contribution is 6.34. The summed E-state index contributed by atoms with van der Waals surface area (Å²) in [6, 6.07) is 33.2. The number of benzene rings is 9. The van der Waals surface area contributed by atoms with E-state index in [0.29, 0.717) is 5.92 Å². The average Bonchev–Trinajstić information content (AvgIpc) is 3.20. The second-order valence-electron chi connectivity index (χ2n) is 16.3. The third-order valence-corrected chi connectivity index (χ3v) is 14.4. The summed E-state index contributed by atoms with van der Waals surface area (Å²) in [6.45, 7) is 0. The Morgan fingerprint density at radius 1 is 0.423 bits per heavy atom. The average molecular weight is 653 g/mol. The van der Waals surface area contributed by atoms with E-state index in [9.17, 15) is 0 Å². The van der Waals surface area contributed by atoms with Crippen molar-refractivity contribution in [1.82, 2.24) is 0 Å². The van der Waals surface area contributed by atoms with Crippen molar-refractivity contribution in [3.8, 4) is 0 Å². The standard InChI is InChI=1S/C52H28/c1-2-24-52(26-36-18-16-32-10-6-28-4-8-30-12-14-34-20-22-38(52)50-46(34)42(30)40(28)44(32)48(36)50)51(23-1)25-35-17-15-31-9-5-27-3-7-29-11-13-33-19-21-37(51)49-45(33)41(29)39(27)43(31)47(35)49/h1-26,31,38H. The van der Waals surface area contributed by atoms with Crippen LogP contribution in [0.15, 0.2) is 140 Å². The molecule has 0 radical (unpaired) electrons. The summed E-state index contributed by atoms with van der Waals surface area (Å²) >= 11 is 0. The van der Waals surface area contributed by atoms with E-state index >= 15 is 0 Å². The molecule has 0 aromatic heterocycles. The Morgan fingerprint density at radius 2 is 0.981 bits per heavy atom. The predicted molar refractivity (Wildman–Crippen MR) is 221 cm³/mol. The van der Waals surface area contributed by atoms with Crippen molar-refractivity contribution < 1.29 is 0 Å². The van der Waals surface area contributed by atoms with Crippen LogP contribution in [0.3, 0.4) is 0 Å². The van der Waals surface area contributed by atoms with Gasteiger partial charge >= 0.3 is 0 Å². The molecule has 0 aliphatic heterocycles. The van der Waals surface area contributed by atoms with Crippen molar-refractivity contribution in [1.29, 1.82) is 0 Å². The monoisotopic (exact) mass is 652 g/mol. The molecule has 0 heteroatoms. The molecule has 2 spiro atoms. The Morgan fingerprint density at radius 3 is 1.73 bits per heavy atom. The van der Waals surface area contributed by atoms with Crippen LogP contribution in [0.4, 0.5) is 0 Å². The van der Waals surface area contributed by atoms with E-state index in [1.54, 1.807) is 0 Å². The highest BCUT2D eigenvalue weighted by atomic mass is 14.6. The van der Waals surface area contributed by atoms with Crippen LogP contribution in [-0.2, 0) is 5.41 Å². The molecule has 4 unspecified atom stereocenters. The zero-order chi connectivity index (χ0) is 33.2. The Bertz CT molecular complexity index is 3510. The van der Waals surface area contributed by atoms with E-state index in [1.807, 2.05) is 0 Å². The van der Waals surface area contributed by atoms with Crippen LogP contribution in [-0.4, -0.2) is 0 Å². The van der Waals surface area contributed by atoms with Crippen LogP contribution in [0.25, 0.3) is 99.2 Å². The van der Waals surface area contributed by atoms with Crippen LogP contribution in [0.5, 0.6) is 0 Å². The predicted octanol–water partition coefficient (Wildman–Crippen LogP) is 12.4. The maximum absolute atomic E-state index is 2.69. The van der Waals surface area contributed by atoms with Gasteiger partial charge in [0.05, 0.1) is 0 Å². The molecule has 15 rings (SSSR count). The van der Waals surface area contributed by atoms with Gasteiger partial charge in [0.25, 0.3) is 0 Å². The molecule has 0 bridgehead atoms. The fourth-order valence-corrected chi connectivity index (χ4v) is 12.5. The third kappa shape index (κ3) is 2.48. The molecule has 0 saturated carbocycles. The summed E-state index contributed by atoms with van der Waals surface area (Å²) < 4.78 is 0. The molecular weight excluding hydrogens is 625 g/mol. The van der Waals surface area contributed by atoms with E-state index in [4.69, 9.17) is 0 Å². The lowest BCUT2D eigenvalue weighted by Gasteiger charge is -2.54. The molecule has 6 aliphatic rings. The van der Waals surface area contributed by atoms with Gasteiger partial charge in [-0.2, -0.15) is 0 Å². The van der Waals surface area contributed by atoms with Gasteiger partial charge in [-0.25, -0.2) is 0 Å². The second kappa shape index (κ2) is 7.96. The summed E-state index contributed by atoms with van der Waals surface area (Å²) in [4.78, 5) is 0. The Balaban J connectivity index is 1.16. The van der Waals surface area contributed by atoms with E-state index in [-0.39, 0.29) is 11.3 Å². The minimum atomic E-state index is -0.410. The molecule has 6 aliphatic carbocycles. The summed E-state index contributed by atoms with van der Waals surface area (Å²) in [6.07, 6.45) is 29.9. The summed E-state index contributed by atoms with van der Waals surface area (Å²) in [5.74, 6) is 0.446. The fourth-order valence-electron chi connectivity index (χ4n) is 12.5. The van der Waals surface area contributed by atoms with E-state index in [0.717, 1.165) is 0 Å². The summed E-state index contributed by atoms with van der Waals surface area (Å²) in [5.41, 5.74) is 9.22. The largest absolute Gasteiger partial charge is 0.0751 e. The first kappa shape index (κ1) is 25.7. The zero-order valence-corrected chi connectivity index (χ0v) is 28.2. The molecule has 4 atom stereocenters. The molecule has 0 heterocycles. The van der Waals surface area contributed by atoms with Crippen molar-refractivity contribution >= 4 is 99.2 Å². The lowest BCUT2D eigenvalue weighted by molar-refractivity contribution is 0.342. The van der Waals surface area contributed by atoms with Gasteiger partial charge in [0.2, 0.25) is 0 Å². The molecule has 0 fully saturated rings. The topological polar surface area (TPSA) is 0 Å². The van der Waals surface area contributed by atoms with Crippen molar-refractivity contribution in [3.05, 3.63) is 178 Å². The van der Waals surface area contributed by atoms with Gasteiger partial charge in [0.1, 0.15) is 0 Å². The Kier molecular flexibility index (Phi) is 3.93. The smallest absolute Gasteiger partial charge is 0.0465 e. The lowest BCUT2D eigenvalue weighted by Crippen LogP contribution is -2.49. The first-order valence-corrected chi connectivity index (χ1v) is 18.8. The van der Waals surface area contributed by atoms with Crippen molar-refractivity contribution in [2.45, 2.75) is 17.3 Å². The highest BCUT2D eigenvalue weighted by Gasteiger charge is 2.56. The number of hydrogen-bond acceptors (Lipinski definition) is 0. The fraction of sp³-hybridized carbons (Fsp3) is 0.0769. The molecule has 0 saturated heterocycles. The maximum Gasteiger partial charge on any atom is 0.0465 e. The van der Waals surface area contributed by atoms with Crippen LogP contribution in [0.1, 0.15) is 45.2 Å². The zero-order valence-electron chi connectivity index (χ0n) is 28.2. The van der Waals surface area contributed by atoms with Crippen molar-refractivity contribution in [2.24, 2.45) is 5.41 Å². The molecule has 0 nitrogen and oxygen atoms in total. The minimum Gasteiger partial charge on any atom is -0.0751 e. The second-order valence-corrected chi connectivity index (χ2v) is 16.3. The molecule has 236 valence electrons. The van der Waals surface area contributed by atoms with Gasteiger partial charge in [-0.15, -0.1) is 0 Å². The number of rotatable bonds is 0. The van der Waals surface area contributed by atoms with E-state index in [2.05, 4.69) is 158 Å². The van der Waals surface area contributed by atoms with Crippen LogP contribution in [0, 0.1) is 5.41 Å². The Hall–Kier alpha value is -6.24. The van der Waals surface area contributed by atoms with Crippen molar-refractivity contribution in [3.63, 3.8) is 0 Å². The van der Waals surface area contributed by atoms with Crippen molar-refractivity contribution in [2.75, 3.05) is 0 Å². The van der Waals surface area contributed by atoms with Crippen LogP contribution >= 0.6 is 0 Å². The lowest BCUT2D eigenvalue weighted by atomic mass is 9.47. The van der Waals surface area contributed by atoms with Gasteiger partial charge in [-0.05, 0) is 120 Å². The molecule has 0 amide bonds. The molecular formula is C52H28. The third-order valence-electron chi connectivity index (χ3n) is 14.4. The molecule has 0 N–H and O–H groups in total. The number of allylic oxidation sites excluding steroid dienone is 10. The van der Waals surface area contributed by atoms with Gasteiger partial charge in [0.15, 0.2) is 0 Å². The van der Waals surface area contributed by atoms with Gasteiger partial charge in [-0.3, -0.25) is 0 Å². The van der Waals surface area contributed by atoms with Gasteiger partial charge in [-0.1, -0.05) is 158 Å². The quantitative estimate of drug-likeness (QED) is 0.113. The van der Waals surface area contributed by atoms with Gasteiger partial charge < -0.3 is 0 Å². The summed E-state index contributed by atoms with van der Waals surface area (Å²) in [7, 11) is 0. The molecule has 9 aromatic rings. The number of fused-ring (bicyclic) bond motifs is 3. The molecule has 52 heavy (non-hydrogen) atoms. The van der Waals surface area contributed by atoms with E-state index < -0.39 is 5.41 Å². The van der Waals surface area contributed by atoms with Crippen LogP contribution < -0.4 is 5.22 Å². The normalized spacial score (nSPS) is 25.3. The van der Waals surface area contributed by atoms with E-state index in [1.165, 1.54) is 120 Å².